The maximum Gasteiger partial charge on any atom is 0.391 e. The SMILES string of the molecule is C#CCCC(NCCC)C1CCCC(C(F)(F)F)C1. The van der Waals surface area contributed by atoms with Crippen LogP contribution in [0.2, 0.25) is 0 Å². The van der Waals surface area contributed by atoms with Crippen molar-refractivity contribution in [1.29, 1.82) is 0 Å². The van der Waals surface area contributed by atoms with Gasteiger partial charge in [-0.3, -0.25) is 0 Å². The Morgan fingerprint density at radius 3 is 2.68 bits per heavy atom. The van der Waals surface area contributed by atoms with Crippen LogP contribution in [0.25, 0.3) is 0 Å². The van der Waals surface area contributed by atoms with E-state index >= 15 is 0 Å². The predicted octanol–water partition coefficient (Wildman–Crippen LogP) is 4.14. The van der Waals surface area contributed by atoms with Gasteiger partial charge in [0.25, 0.3) is 0 Å². The van der Waals surface area contributed by atoms with Gasteiger partial charge in [-0.25, -0.2) is 0 Å². The third-order valence-corrected chi connectivity index (χ3v) is 4.00. The molecule has 1 aliphatic rings. The molecule has 0 spiro atoms. The monoisotopic (exact) mass is 275 g/mol. The van der Waals surface area contributed by atoms with Gasteiger partial charge in [0.05, 0.1) is 5.92 Å². The van der Waals surface area contributed by atoms with Crippen molar-refractivity contribution in [3.63, 3.8) is 0 Å². The first-order valence-electron chi connectivity index (χ1n) is 7.22. The van der Waals surface area contributed by atoms with Crippen molar-refractivity contribution in [1.82, 2.24) is 5.32 Å². The lowest BCUT2D eigenvalue weighted by atomic mass is 9.76. The smallest absolute Gasteiger partial charge is 0.314 e. The Balaban J connectivity index is 2.59. The van der Waals surface area contributed by atoms with Gasteiger partial charge in [0.15, 0.2) is 0 Å². The van der Waals surface area contributed by atoms with E-state index in [1.54, 1.807) is 0 Å². The summed E-state index contributed by atoms with van der Waals surface area (Å²) >= 11 is 0. The van der Waals surface area contributed by atoms with Gasteiger partial charge in [-0.05, 0) is 44.6 Å². The standard InChI is InChI=1S/C15H24F3N/c1-3-5-9-14(19-10-4-2)12-7-6-8-13(11-12)15(16,17)18/h1,12-14,19H,4-11H2,2H3. The molecule has 1 fully saturated rings. The van der Waals surface area contributed by atoms with E-state index < -0.39 is 12.1 Å². The summed E-state index contributed by atoms with van der Waals surface area (Å²) in [6.45, 7) is 2.91. The molecule has 0 radical (unpaired) electrons. The first-order chi connectivity index (χ1) is 8.99. The fourth-order valence-corrected chi connectivity index (χ4v) is 2.96. The van der Waals surface area contributed by atoms with Crippen molar-refractivity contribution in [2.45, 2.75) is 64.1 Å². The van der Waals surface area contributed by atoms with E-state index in [-0.39, 0.29) is 24.8 Å². The molecule has 110 valence electrons. The molecule has 4 heteroatoms. The number of terminal acetylenes is 1. The molecule has 1 nitrogen and oxygen atoms in total. The van der Waals surface area contributed by atoms with Gasteiger partial charge in [0.1, 0.15) is 0 Å². The lowest BCUT2D eigenvalue weighted by molar-refractivity contribution is -0.186. The molecule has 0 aliphatic heterocycles. The highest BCUT2D eigenvalue weighted by molar-refractivity contribution is 4.90. The second-order valence-electron chi connectivity index (χ2n) is 5.47. The Labute approximate surface area is 114 Å². The molecule has 1 saturated carbocycles. The van der Waals surface area contributed by atoms with Crippen LogP contribution in [-0.4, -0.2) is 18.8 Å². The zero-order valence-electron chi connectivity index (χ0n) is 11.6. The molecule has 1 aliphatic carbocycles. The highest BCUT2D eigenvalue weighted by atomic mass is 19.4. The molecule has 1 rings (SSSR count). The number of hydrogen-bond donors (Lipinski definition) is 1. The number of hydrogen-bond acceptors (Lipinski definition) is 1. The second kappa shape index (κ2) is 7.79. The summed E-state index contributed by atoms with van der Waals surface area (Å²) in [6.07, 6.45) is 5.75. The Kier molecular flexibility index (Phi) is 6.71. The highest BCUT2D eigenvalue weighted by Crippen LogP contribution is 2.41. The fourth-order valence-electron chi connectivity index (χ4n) is 2.96. The number of rotatable bonds is 6. The second-order valence-corrected chi connectivity index (χ2v) is 5.47. The topological polar surface area (TPSA) is 12.0 Å². The Morgan fingerprint density at radius 2 is 2.11 bits per heavy atom. The van der Waals surface area contributed by atoms with E-state index in [2.05, 4.69) is 18.2 Å². The molecule has 1 N–H and O–H groups in total. The Bertz CT molecular complexity index is 293. The van der Waals surface area contributed by atoms with Crippen molar-refractivity contribution >= 4 is 0 Å². The van der Waals surface area contributed by atoms with Crippen LogP contribution in [0, 0.1) is 24.2 Å². The third-order valence-electron chi connectivity index (χ3n) is 4.00. The van der Waals surface area contributed by atoms with Crippen molar-refractivity contribution in [3.05, 3.63) is 0 Å². The largest absolute Gasteiger partial charge is 0.391 e. The number of halogens is 3. The minimum atomic E-state index is -4.04. The maximum atomic E-state index is 12.8. The van der Waals surface area contributed by atoms with Gasteiger partial charge in [-0.15, -0.1) is 12.3 Å². The van der Waals surface area contributed by atoms with E-state index in [9.17, 15) is 13.2 Å². The van der Waals surface area contributed by atoms with E-state index in [1.165, 1.54) is 0 Å². The van der Waals surface area contributed by atoms with Gasteiger partial charge in [-0.1, -0.05) is 13.3 Å². The van der Waals surface area contributed by atoms with Crippen molar-refractivity contribution in [3.8, 4) is 12.3 Å². The van der Waals surface area contributed by atoms with E-state index in [0.717, 1.165) is 25.8 Å². The van der Waals surface area contributed by atoms with E-state index in [1.807, 2.05) is 0 Å². The summed E-state index contributed by atoms with van der Waals surface area (Å²) in [6, 6.07) is 0.140. The van der Waals surface area contributed by atoms with Crippen LogP contribution < -0.4 is 5.32 Å². The molecule has 0 amide bonds. The minimum absolute atomic E-state index is 0.111. The van der Waals surface area contributed by atoms with Gasteiger partial charge in [0, 0.05) is 12.5 Å². The summed E-state index contributed by atoms with van der Waals surface area (Å²) < 4.78 is 38.5. The molecule has 3 unspecified atom stereocenters. The number of nitrogens with one attached hydrogen (secondary N) is 1. The molecular weight excluding hydrogens is 251 g/mol. The quantitative estimate of drug-likeness (QED) is 0.718. The predicted molar refractivity (Wildman–Crippen MR) is 71.7 cm³/mol. The summed E-state index contributed by atoms with van der Waals surface area (Å²) in [7, 11) is 0. The first-order valence-corrected chi connectivity index (χ1v) is 7.22. The summed E-state index contributed by atoms with van der Waals surface area (Å²) in [5, 5.41) is 3.38. The van der Waals surface area contributed by atoms with Crippen LogP contribution in [0.1, 0.15) is 51.9 Å². The van der Waals surface area contributed by atoms with Crippen LogP contribution >= 0.6 is 0 Å². The normalized spacial score (nSPS) is 25.8. The van der Waals surface area contributed by atoms with Crippen LogP contribution in [0.4, 0.5) is 13.2 Å². The van der Waals surface area contributed by atoms with Crippen LogP contribution in [-0.2, 0) is 0 Å². The lowest BCUT2D eigenvalue weighted by Crippen LogP contribution is -2.41. The molecule has 3 atom stereocenters. The van der Waals surface area contributed by atoms with Crippen molar-refractivity contribution < 1.29 is 13.2 Å². The number of alkyl halides is 3. The fraction of sp³-hybridized carbons (Fsp3) is 0.867. The van der Waals surface area contributed by atoms with Gasteiger partial charge < -0.3 is 5.32 Å². The summed E-state index contributed by atoms with van der Waals surface area (Å²) in [5.41, 5.74) is 0. The first kappa shape index (κ1) is 16.4. The van der Waals surface area contributed by atoms with Crippen molar-refractivity contribution in [2.24, 2.45) is 11.8 Å². The van der Waals surface area contributed by atoms with Crippen LogP contribution in [0.5, 0.6) is 0 Å². The summed E-state index contributed by atoms with van der Waals surface area (Å²) in [5.74, 6) is 1.58. The molecule has 0 aromatic rings. The zero-order valence-corrected chi connectivity index (χ0v) is 11.6. The highest BCUT2D eigenvalue weighted by Gasteiger charge is 2.43. The van der Waals surface area contributed by atoms with Gasteiger partial charge in [-0.2, -0.15) is 13.2 Å². The molecule has 0 heterocycles. The molecule has 0 aromatic heterocycles. The molecule has 0 bridgehead atoms. The average Bonchev–Trinajstić information content (AvgIpc) is 2.38. The maximum absolute atomic E-state index is 12.8. The van der Waals surface area contributed by atoms with Gasteiger partial charge in [0.2, 0.25) is 0 Å². The zero-order chi connectivity index (χ0) is 14.3. The minimum Gasteiger partial charge on any atom is -0.314 e. The molecular formula is C15H24F3N. The molecule has 0 aromatic carbocycles. The lowest BCUT2D eigenvalue weighted by Gasteiger charge is -2.35. The van der Waals surface area contributed by atoms with E-state index in [4.69, 9.17) is 6.42 Å². The summed E-state index contributed by atoms with van der Waals surface area (Å²) in [4.78, 5) is 0. The van der Waals surface area contributed by atoms with Gasteiger partial charge >= 0.3 is 6.18 Å². The average molecular weight is 275 g/mol. The molecule has 19 heavy (non-hydrogen) atoms. The van der Waals surface area contributed by atoms with E-state index in [0.29, 0.717) is 12.8 Å². The Hall–Kier alpha value is -0.690. The molecule has 0 saturated heterocycles. The third kappa shape index (κ3) is 5.44. The Morgan fingerprint density at radius 1 is 1.37 bits per heavy atom. The van der Waals surface area contributed by atoms with Crippen molar-refractivity contribution in [2.75, 3.05) is 6.54 Å². The van der Waals surface area contributed by atoms with Crippen LogP contribution in [0.3, 0.4) is 0 Å². The van der Waals surface area contributed by atoms with Crippen LogP contribution in [0.15, 0.2) is 0 Å².